The Morgan fingerprint density at radius 3 is 2.84 bits per heavy atom. The average molecular weight is 262 g/mol. The molecule has 6 heteroatoms. The maximum absolute atomic E-state index is 11.4. The van der Waals surface area contributed by atoms with E-state index in [4.69, 9.17) is 5.73 Å². The van der Waals surface area contributed by atoms with E-state index in [2.05, 4.69) is 15.3 Å². The summed E-state index contributed by atoms with van der Waals surface area (Å²) < 4.78 is 0. The topological polar surface area (TPSA) is 104 Å². The Balaban J connectivity index is 1.87. The minimum atomic E-state index is -0.201. The molecule has 0 saturated heterocycles. The van der Waals surface area contributed by atoms with Crippen LogP contribution in [0.15, 0.2) is 23.0 Å². The Labute approximate surface area is 110 Å². The summed E-state index contributed by atoms with van der Waals surface area (Å²) in [5.74, 6) is 0.0292. The molecule has 0 radical (unpaired) electrons. The Hall–Kier alpha value is -2.08. The zero-order valence-electron chi connectivity index (χ0n) is 10.7. The minimum Gasteiger partial charge on any atom is -0.355 e. The Morgan fingerprint density at radius 2 is 2.05 bits per heavy atom. The van der Waals surface area contributed by atoms with Crippen molar-refractivity contribution in [3.8, 4) is 0 Å². The fourth-order valence-electron chi connectivity index (χ4n) is 1.99. The number of aromatic nitrogens is 2. The van der Waals surface area contributed by atoms with Crippen molar-refractivity contribution >= 4 is 16.9 Å². The predicted octanol–water partition coefficient (Wildman–Crippen LogP) is 0.254. The summed E-state index contributed by atoms with van der Waals surface area (Å²) >= 11 is 0. The molecule has 1 heterocycles. The fourth-order valence-corrected chi connectivity index (χ4v) is 1.99. The molecular formula is C13H18N4O2. The first-order valence-electron chi connectivity index (χ1n) is 6.37. The molecule has 0 saturated carbocycles. The lowest BCUT2D eigenvalue weighted by molar-refractivity contribution is -0.121. The van der Waals surface area contributed by atoms with Crippen LogP contribution in [0.25, 0.3) is 11.0 Å². The molecule has 0 aliphatic carbocycles. The van der Waals surface area contributed by atoms with E-state index < -0.39 is 0 Å². The number of fused-ring (bicyclic) bond motifs is 1. The lowest BCUT2D eigenvalue weighted by Crippen LogP contribution is -2.28. The average Bonchev–Trinajstić information content (AvgIpc) is 2.75. The van der Waals surface area contributed by atoms with Crippen LogP contribution in [-0.2, 0) is 11.2 Å². The SMILES string of the molecule is NCCNC(=O)CCCc1ccc2[nH]c(=O)[nH]c2c1. The van der Waals surface area contributed by atoms with Gasteiger partial charge < -0.3 is 21.0 Å². The van der Waals surface area contributed by atoms with Gasteiger partial charge in [-0.15, -0.1) is 0 Å². The van der Waals surface area contributed by atoms with Gasteiger partial charge in [0.25, 0.3) is 0 Å². The van der Waals surface area contributed by atoms with Crippen LogP contribution in [0.4, 0.5) is 0 Å². The van der Waals surface area contributed by atoms with Crippen LogP contribution in [0.2, 0.25) is 0 Å². The van der Waals surface area contributed by atoms with E-state index in [0.717, 1.165) is 29.4 Å². The van der Waals surface area contributed by atoms with Crippen LogP contribution >= 0.6 is 0 Å². The monoisotopic (exact) mass is 262 g/mol. The molecule has 1 amide bonds. The largest absolute Gasteiger partial charge is 0.355 e. The van der Waals surface area contributed by atoms with E-state index in [9.17, 15) is 9.59 Å². The van der Waals surface area contributed by atoms with Crippen molar-refractivity contribution in [2.24, 2.45) is 5.73 Å². The molecule has 102 valence electrons. The van der Waals surface area contributed by atoms with E-state index in [1.165, 1.54) is 0 Å². The van der Waals surface area contributed by atoms with Gasteiger partial charge in [0.15, 0.2) is 0 Å². The molecule has 0 fully saturated rings. The van der Waals surface area contributed by atoms with Crippen LogP contribution in [0.3, 0.4) is 0 Å². The highest BCUT2D eigenvalue weighted by atomic mass is 16.1. The summed E-state index contributed by atoms with van der Waals surface area (Å²) in [6, 6.07) is 5.77. The number of aryl methyl sites for hydroxylation is 1. The number of rotatable bonds is 6. The van der Waals surface area contributed by atoms with Crippen molar-refractivity contribution in [2.75, 3.05) is 13.1 Å². The number of nitrogens with two attached hydrogens (primary N) is 1. The zero-order valence-corrected chi connectivity index (χ0v) is 10.7. The smallest absolute Gasteiger partial charge is 0.323 e. The number of imidazole rings is 1. The van der Waals surface area contributed by atoms with Crippen LogP contribution in [0.1, 0.15) is 18.4 Å². The third-order valence-electron chi connectivity index (χ3n) is 2.92. The van der Waals surface area contributed by atoms with Crippen molar-refractivity contribution in [3.63, 3.8) is 0 Å². The van der Waals surface area contributed by atoms with Gasteiger partial charge in [0.2, 0.25) is 5.91 Å². The van der Waals surface area contributed by atoms with Crippen molar-refractivity contribution in [1.29, 1.82) is 0 Å². The number of carbonyl (C=O) groups excluding carboxylic acids is 1. The Kier molecular flexibility index (Phi) is 4.35. The highest BCUT2D eigenvalue weighted by Crippen LogP contribution is 2.12. The highest BCUT2D eigenvalue weighted by molar-refractivity contribution is 5.76. The number of hydrogen-bond donors (Lipinski definition) is 4. The molecule has 1 aromatic heterocycles. The van der Waals surface area contributed by atoms with Crippen LogP contribution in [0.5, 0.6) is 0 Å². The maximum atomic E-state index is 11.4. The summed E-state index contributed by atoms with van der Waals surface area (Å²) in [4.78, 5) is 27.9. The van der Waals surface area contributed by atoms with E-state index in [-0.39, 0.29) is 11.6 Å². The lowest BCUT2D eigenvalue weighted by Gasteiger charge is -2.03. The van der Waals surface area contributed by atoms with E-state index >= 15 is 0 Å². The Morgan fingerprint density at radius 1 is 1.26 bits per heavy atom. The summed E-state index contributed by atoms with van der Waals surface area (Å²) in [6.07, 6.45) is 2.07. The highest BCUT2D eigenvalue weighted by Gasteiger charge is 2.03. The molecule has 0 aliphatic rings. The van der Waals surface area contributed by atoms with Crippen molar-refractivity contribution in [3.05, 3.63) is 34.2 Å². The van der Waals surface area contributed by atoms with Crippen LogP contribution in [-0.4, -0.2) is 29.0 Å². The van der Waals surface area contributed by atoms with Gasteiger partial charge in [-0.2, -0.15) is 0 Å². The molecule has 19 heavy (non-hydrogen) atoms. The molecular weight excluding hydrogens is 244 g/mol. The van der Waals surface area contributed by atoms with Gasteiger partial charge in [-0.25, -0.2) is 4.79 Å². The van der Waals surface area contributed by atoms with Crippen molar-refractivity contribution < 1.29 is 4.79 Å². The first-order valence-corrected chi connectivity index (χ1v) is 6.37. The number of amides is 1. The van der Waals surface area contributed by atoms with Gasteiger partial charge >= 0.3 is 5.69 Å². The van der Waals surface area contributed by atoms with Gasteiger partial charge in [0.05, 0.1) is 11.0 Å². The van der Waals surface area contributed by atoms with E-state index in [1.807, 2.05) is 18.2 Å². The molecule has 1 aromatic carbocycles. The zero-order chi connectivity index (χ0) is 13.7. The molecule has 5 N–H and O–H groups in total. The van der Waals surface area contributed by atoms with Gasteiger partial charge in [0.1, 0.15) is 0 Å². The molecule has 2 rings (SSSR count). The molecule has 0 atom stereocenters. The fraction of sp³-hybridized carbons (Fsp3) is 0.385. The minimum absolute atomic E-state index is 0.0292. The maximum Gasteiger partial charge on any atom is 0.323 e. The lowest BCUT2D eigenvalue weighted by atomic mass is 10.1. The van der Waals surface area contributed by atoms with Gasteiger partial charge in [0, 0.05) is 19.5 Å². The molecule has 0 unspecified atom stereocenters. The molecule has 2 aromatic rings. The van der Waals surface area contributed by atoms with Crippen molar-refractivity contribution in [2.45, 2.75) is 19.3 Å². The summed E-state index contributed by atoms with van der Waals surface area (Å²) in [7, 11) is 0. The molecule has 0 spiro atoms. The first-order chi connectivity index (χ1) is 9.19. The third-order valence-corrected chi connectivity index (χ3v) is 2.92. The number of nitrogens with one attached hydrogen (secondary N) is 3. The summed E-state index contributed by atoms with van der Waals surface area (Å²) in [5, 5.41) is 2.74. The molecule has 0 bridgehead atoms. The van der Waals surface area contributed by atoms with Gasteiger partial charge in [-0.05, 0) is 30.5 Å². The van der Waals surface area contributed by atoms with Gasteiger partial charge in [-0.1, -0.05) is 6.07 Å². The molecule has 6 nitrogen and oxygen atoms in total. The first kappa shape index (κ1) is 13.4. The summed E-state index contributed by atoms with van der Waals surface area (Å²) in [5.41, 5.74) is 7.81. The second kappa shape index (κ2) is 6.19. The van der Waals surface area contributed by atoms with Crippen molar-refractivity contribution in [1.82, 2.24) is 15.3 Å². The number of H-pyrrole nitrogens is 2. The van der Waals surface area contributed by atoms with Gasteiger partial charge in [-0.3, -0.25) is 4.79 Å². The summed E-state index contributed by atoms with van der Waals surface area (Å²) in [6.45, 7) is 0.985. The second-order valence-corrected chi connectivity index (χ2v) is 4.45. The second-order valence-electron chi connectivity index (χ2n) is 4.45. The Bertz CT molecular complexity index is 614. The van der Waals surface area contributed by atoms with Crippen LogP contribution in [0, 0.1) is 0 Å². The molecule has 0 aliphatic heterocycles. The van der Waals surface area contributed by atoms with E-state index in [0.29, 0.717) is 19.5 Å². The predicted molar refractivity (Wildman–Crippen MR) is 73.9 cm³/mol. The third kappa shape index (κ3) is 3.69. The van der Waals surface area contributed by atoms with Crippen LogP contribution < -0.4 is 16.7 Å². The number of aromatic amines is 2. The normalized spacial score (nSPS) is 10.8. The standard InChI is InChI=1S/C13H18N4O2/c14-6-7-15-12(18)3-1-2-9-4-5-10-11(8-9)17-13(19)16-10/h4-5,8H,1-3,6-7,14H2,(H,15,18)(H2,16,17,19). The number of benzene rings is 1. The quantitative estimate of drug-likeness (QED) is 0.600. The number of carbonyl (C=O) groups is 1. The van der Waals surface area contributed by atoms with E-state index in [1.54, 1.807) is 0 Å². The number of hydrogen-bond acceptors (Lipinski definition) is 3.